The Morgan fingerprint density at radius 2 is 1.87 bits per heavy atom. The molecule has 0 aliphatic carbocycles. The van der Waals surface area contributed by atoms with Crippen molar-refractivity contribution in [2.24, 2.45) is 0 Å². The van der Waals surface area contributed by atoms with E-state index in [9.17, 15) is 14.3 Å². The number of carbonyl (C=O) groups excluding carboxylic acids is 1. The highest BCUT2D eigenvalue weighted by atomic mass is 19.1. The van der Waals surface area contributed by atoms with Gasteiger partial charge in [-0.1, -0.05) is 19.9 Å². The van der Waals surface area contributed by atoms with Gasteiger partial charge in [-0.15, -0.1) is 0 Å². The number of esters is 1. The summed E-state index contributed by atoms with van der Waals surface area (Å²) in [6.45, 7) is 8.55. The predicted octanol–water partition coefficient (Wildman–Crippen LogP) is 5.15. The smallest absolute Gasteiger partial charge is 0.306 e. The van der Waals surface area contributed by atoms with Gasteiger partial charge in [-0.2, -0.15) is 0 Å². The standard InChI is InChI=1S/C25H33FN2O3/c1-24(2,16-23(29)31-5)17-8-13-21(28-14-6-7-22(28)25(3,4)30)20(15-17)27-19-11-9-18(26)10-12-19/h8-13,15,22,27,30H,6-7,14,16H2,1-5H3/t22-/m0/s1. The Labute approximate surface area is 184 Å². The van der Waals surface area contributed by atoms with E-state index < -0.39 is 11.0 Å². The minimum absolute atomic E-state index is 0.00445. The van der Waals surface area contributed by atoms with Crippen LogP contribution in [0.2, 0.25) is 0 Å². The van der Waals surface area contributed by atoms with Crippen LogP contribution in [0.5, 0.6) is 0 Å². The minimum atomic E-state index is -0.841. The zero-order chi connectivity index (χ0) is 22.8. The zero-order valence-corrected chi connectivity index (χ0v) is 19.0. The summed E-state index contributed by atoms with van der Waals surface area (Å²) in [5, 5.41) is 14.1. The molecule has 1 saturated heterocycles. The van der Waals surface area contributed by atoms with Gasteiger partial charge >= 0.3 is 5.97 Å². The Kier molecular flexibility index (Phi) is 6.60. The van der Waals surface area contributed by atoms with Crippen molar-refractivity contribution in [1.29, 1.82) is 0 Å². The minimum Gasteiger partial charge on any atom is -0.469 e. The molecule has 2 N–H and O–H groups in total. The molecule has 5 nitrogen and oxygen atoms in total. The van der Waals surface area contributed by atoms with Crippen molar-refractivity contribution in [3.63, 3.8) is 0 Å². The first-order valence-corrected chi connectivity index (χ1v) is 10.7. The van der Waals surface area contributed by atoms with E-state index in [1.54, 1.807) is 12.1 Å². The molecule has 0 aromatic heterocycles. The maximum absolute atomic E-state index is 13.4. The van der Waals surface area contributed by atoms with E-state index in [1.807, 2.05) is 45.9 Å². The van der Waals surface area contributed by atoms with Crippen LogP contribution in [-0.2, 0) is 14.9 Å². The molecule has 2 aromatic rings. The van der Waals surface area contributed by atoms with E-state index in [0.717, 1.165) is 42.0 Å². The Bertz CT molecular complexity index is 919. The lowest BCUT2D eigenvalue weighted by Gasteiger charge is -2.37. The molecular weight excluding hydrogens is 395 g/mol. The second-order valence-corrected chi connectivity index (χ2v) is 9.51. The number of methoxy groups -OCH3 is 1. The number of nitrogens with one attached hydrogen (secondary N) is 1. The summed E-state index contributed by atoms with van der Waals surface area (Å²) in [5.41, 5.74) is 2.33. The maximum atomic E-state index is 13.4. The highest BCUT2D eigenvalue weighted by Crippen LogP contribution is 2.40. The van der Waals surface area contributed by atoms with Crippen LogP contribution in [0, 0.1) is 5.82 Å². The molecule has 0 amide bonds. The topological polar surface area (TPSA) is 61.8 Å². The molecule has 168 valence electrons. The first-order valence-electron chi connectivity index (χ1n) is 10.7. The van der Waals surface area contributed by atoms with Crippen LogP contribution in [0.3, 0.4) is 0 Å². The summed E-state index contributed by atoms with van der Waals surface area (Å²) < 4.78 is 18.3. The zero-order valence-electron chi connectivity index (χ0n) is 19.0. The van der Waals surface area contributed by atoms with Crippen LogP contribution in [-0.4, -0.2) is 36.4 Å². The SMILES string of the molecule is COC(=O)CC(C)(C)c1ccc(N2CCC[C@H]2C(C)(C)O)c(Nc2ccc(F)cc2)c1. The van der Waals surface area contributed by atoms with Gasteiger partial charge in [0.1, 0.15) is 5.82 Å². The van der Waals surface area contributed by atoms with Crippen LogP contribution < -0.4 is 10.2 Å². The molecule has 1 fully saturated rings. The maximum Gasteiger partial charge on any atom is 0.306 e. The van der Waals surface area contributed by atoms with Gasteiger partial charge in [-0.05, 0) is 68.7 Å². The number of aliphatic hydroxyl groups is 1. The van der Waals surface area contributed by atoms with Crippen LogP contribution in [0.4, 0.5) is 21.5 Å². The van der Waals surface area contributed by atoms with Crippen molar-refractivity contribution in [1.82, 2.24) is 0 Å². The number of anilines is 3. The van der Waals surface area contributed by atoms with Gasteiger partial charge in [0.2, 0.25) is 0 Å². The highest BCUT2D eigenvalue weighted by molar-refractivity contribution is 5.78. The largest absolute Gasteiger partial charge is 0.469 e. The van der Waals surface area contributed by atoms with E-state index >= 15 is 0 Å². The van der Waals surface area contributed by atoms with Crippen molar-refractivity contribution in [2.75, 3.05) is 23.9 Å². The summed E-state index contributed by atoms with van der Waals surface area (Å²) in [6, 6.07) is 12.4. The molecule has 0 bridgehead atoms. The molecule has 1 aliphatic heterocycles. The monoisotopic (exact) mass is 428 g/mol. The van der Waals surface area contributed by atoms with Crippen molar-refractivity contribution in [3.05, 3.63) is 53.8 Å². The van der Waals surface area contributed by atoms with Crippen LogP contribution >= 0.6 is 0 Å². The summed E-state index contributed by atoms with van der Waals surface area (Å²) in [6.07, 6.45) is 2.17. The molecule has 0 radical (unpaired) electrons. The number of hydrogen-bond acceptors (Lipinski definition) is 5. The van der Waals surface area contributed by atoms with Gasteiger partial charge in [0.15, 0.2) is 0 Å². The quantitative estimate of drug-likeness (QED) is 0.597. The summed E-state index contributed by atoms with van der Waals surface area (Å²) in [4.78, 5) is 14.2. The molecule has 0 saturated carbocycles. The number of ether oxygens (including phenoxy) is 1. The lowest BCUT2D eigenvalue weighted by atomic mass is 9.81. The number of halogens is 1. The van der Waals surface area contributed by atoms with Gasteiger partial charge in [-0.3, -0.25) is 4.79 Å². The third-order valence-corrected chi connectivity index (χ3v) is 6.09. The molecule has 0 unspecified atom stereocenters. The molecule has 3 rings (SSSR count). The molecule has 6 heteroatoms. The summed E-state index contributed by atoms with van der Waals surface area (Å²) in [5.74, 6) is -0.552. The van der Waals surface area contributed by atoms with Crippen LogP contribution in [0.25, 0.3) is 0 Å². The van der Waals surface area contributed by atoms with Crippen molar-refractivity contribution >= 4 is 23.0 Å². The van der Waals surface area contributed by atoms with E-state index in [-0.39, 0.29) is 24.2 Å². The molecule has 31 heavy (non-hydrogen) atoms. The van der Waals surface area contributed by atoms with Crippen LogP contribution in [0.15, 0.2) is 42.5 Å². The van der Waals surface area contributed by atoms with Crippen LogP contribution in [0.1, 0.15) is 52.5 Å². The van der Waals surface area contributed by atoms with Gasteiger partial charge in [0, 0.05) is 17.6 Å². The predicted molar refractivity (Wildman–Crippen MR) is 122 cm³/mol. The number of nitrogens with zero attached hydrogens (tertiary/aromatic N) is 1. The second kappa shape index (κ2) is 8.87. The fraction of sp³-hybridized carbons (Fsp3) is 0.480. The van der Waals surface area contributed by atoms with Crippen molar-refractivity contribution in [2.45, 2.75) is 64.0 Å². The lowest BCUT2D eigenvalue weighted by molar-refractivity contribution is -0.141. The third-order valence-electron chi connectivity index (χ3n) is 6.09. The number of hydrogen-bond donors (Lipinski definition) is 2. The first kappa shape index (κ1) is 23.1. The van der Waals surface area contributed by atoms with Gasteiger partial charge in [0.05, 0.1) is 36.5 Å². The molecule has 0 spiro atoms. The van der Waals surface area contributed by atoms with Crippen molar-refractivity contribution in [3.8, 4) is 0 Å². The highest BCUT2D eigenvalue weighted by Gasteiger charge is 2.37. The third kappa shape index (κ3) is 5.37. The molecular formula is C25H33FN2O3. The fourth-order valence-corrected chi connectivity index (χ4v) is 4.32. The molecule has 2 aromatic carbocycles. The van der Waals surface area contributed by atoms with E-state index in [1.165, 1.54) is 19.2 Å². The Balaban J connectivity index is 2.03. The molecule has 1 heterocycles. The fourth-order valence-electron chi connectivity index (χ4n) is 4.32. The van der Waals surface area contributed by atoms with Crippen molar-refractivity contribution < 1.29 is 19.0 Å². The average Bonchev–Trinajstić information content (AvgIpc) is 3.19. The molecule has 1 atom stereocenters. The lowest BCUT2D eigenvalue weighted by Crippen LogP contribution is -2.46. The summed E-state index contributed by atoms with van der Waals surface area (Å²) >= 11 is 0. The number of benzene rings is 2. The van der Waals surface area contributed by atoms with E-state index in [2.05, 4.69) is 10.2 Å². The number of rotatable bonds is 7. The second-order valence-electron chi connectivity index (χ2n) is 9.51. The van der Waals surface area contributed by atoms with E-state index in [0.29, 0.717) is 0 Å². The van der Waals surface area contributed by atoms with Gasteiger partial charge in [0.25, 0.3) is 0 Å². The van der Waals surface area contributed by atoms with Gasteiger partial charge in [-0.25, -0.2) is 4.39 Å². The Morgan fingerprint density at radius 1 is 1.19 bits per heavy atom. The molecule has 1 aliphatic rings. The first-order chi connectivity index (χ1) is 14.5. The van der Waals surface area contributed by atoms with E-state index in [4.69, 9.17) is 4.74 Å². The normalized spacial score (nSPS) is 17.0. The average molecular weight is 429 g/mol. The summed E-state index contributed by atoms with van der Waals surface area (Å²) in [7, 11) is 1.40. The number of carbonyl (C=O) groups is 1. The van der Waals surface area contributed by atoms with Gasteiger partial charge < -0.3 is 20.1 Å². The Hall–Kier alpha value is -2.60. The Morgan fingerprint density at radius 3 is 2.48 bits per heavy atom.